The predicted octanol–water partition coefficient (Wildman–Crippen LogP) is 1.70. The summed E-state index contributed by atoms with van der Waals surface area (Å²) < 4.78 is 13.1. The van der Waals surface area contributed by atoms with Crippen LogP contribution >= 0.6 is 11.6 Å². The van der Waals surface area contributed by atoms with Crippen molar-refractivity contribution in [2.45, 2.75) is 0 Å². The topological polar surface area (TPSA) is 66.4 Å². The van der Waals surface area contributed by atoms with Crippen LogP contribution in [0.15, 0.2) is 18.2 Å². The molecule has 0 aliphatic heterocycles. The number of aromatic carboxylic acids is 1. The van der Waals surface area contributed by atoms with E-state index in [1.165, 1.54) is 12.1 Å². The molecule has 1 amide bonds. The van der Waals surface area contributed by atoms with Crippen LogP contribution in [-0.2, 0) is 4.79 Å². The standard InChI is InChI=1S/C9H7ClFNO3/c10-4-7(13)12-6-3-1-2-5(11)8(6)9(14)15/h1-3H,4H2,(H,12,13)(H,14,15). The van der Waals surface area contributed by atoms with Crippen molar-refractivity contribution in [1.82, 2.24) is 0 Å². The van der Waals surface area contributed by atoms with Gasteiger partial charge in [-0.2, -0.15) is 0 Å². The SMILES string of the molecule is O=C(CCl)Nc1cccc(F)c1C(=O)O. The molecule has 0 atom stereocenters. The molecule has 0 radical (unpaired) electrons. The number of carbonyl (C=O) groups is 2. The van der Waals surface area contributed by atoms with Gasteiger partial charge in [0.1, 0.15) is 17.3 Å². The van der Waals surface area contributed by atoms with E-state index in [-0.39, 0.29) is 11.6 Å². The van der Waals surface area contributed by atoms with Crippen LogP contribution in [0.4, 0.5) is 10.1 Å². The summed E-state index contributed by atoms with van der Waals surface area (Å²) >= 11 is 5.22. The van der Waals surface area contributed by atoms with Crippen molar-refractivity contribution in [1.29, 1.82) is 0 Å². The van der Waals surface area contributed by atoms with E-state index in [1.807, 2.05) is 0 Å². The summed E-state index contributed by atoms with van der Waals surface area (Å²) in [6.07, 6.45) is 0. The first-order valence-corrected chi connectivity index (χ1v) is 4.47. The minimum atomic E-state index is -1.45. The van der Waals surface area contributed by atoms with Gasteiger partial charge in [0.25, 0.3) is 0 Å². The molecule has 1 aromatic rings. The molecule has 0 saturated carbocycles. The highest BCUT2D eigenvalue weighted by atomic mass is 35.5. The molecule has 0 saturated heterocycles. The Morgan fingerprint density at radius 2 is 2.13 bits per heavy atom. The average molecular weight is 232 g/mol. The molecule has 6 heteroatoms. The number of halogens is 2. The molecule has 2 N–H and O–H groups in total. The Labute approximate surface area is 89.7 Å². The van der Waals surface area contributed by atoms with Crippen LogP contribution in [0, 0.1) is 5.82 Å². The molecule has 0 fully saturated rings. The fourth-order valence-electron chi connectivity index (χ4n) is 1.03. The lowest BCUT2D eigenvalue weighted by Crippen LogP contribution is -2.16. The first-order chi connectivity index (χ1) is 7.06. The smallest absolute Gasteiger partial charge is 0.340 e. The largest absolute Gasteiger partial charge is 0.478 e. The molecule has 0 aliphatic carbocycles. The lowest BCUT2D eigenvalue weighted by Gasteiger charge is -2.07. The number of carboxylic acid groups (broad SMARTS) is 1. The summed E-state index contributed by atoms with van der Waals surface area (Å²) in [5.41, 5.74) is -0.677. The zero-order chi connectivity index (χ0) is 11.4. The van der Waals surface area contributed by atoms with Crippen LogP contribution in [0.25, 0.3) is 0 Å². The predicted molar refractivity (Wildman–Crippen MR) is 52.7 cm³/mol. The summed E-state index contributed by atoms with van der Waals surface area (Å²) in [4.78, 5) is 21.6. The molecule has 1 rings (SSSR count). The highest BCUT2D eigenvalue weighted by Gasteiger charge is 2.16. The molecule has 15 heavy (non-hydrogen) atoms. The van der Waals surface area contributed by atoms with Gasteiger partial charge < -0.3 is 10.4 Å². The molecule has 1 aromatic carbocycles. The van der Waals surface area contributed by atoms with E-state index < -0.39 is 23.3 Å². The van der Waals surface area contributed by atoms with Crippen molar-refractivity contribution < 1.29 is 19.1 Å². The van der Waals surface area contributed by atoms with Crippen LogP contribution in [-0.4, -0.2) is 22.9 Å². The van der Waals surface area contributed by atoms with Crippen molar-refractivity contribution in [3.05, 3.63) is 29.6 Å². The maximum absolute atomic E-state index is 13.1. The Kier molecular flexibility index (Phi) is 3.62. The van der Waals surface area contributed by atoms with E-state index >= 15 is 0 Å². The number of nitrogens with one attached hydrogen (secondary N) is 1. The fraction of sp³-hybridized carbons (Fsp3) is 0.111. The van der Waals surface area contributed by atoms with Gasteiger partial charge in [0, 0.05) is 0 Å². The van der Waals surface area contributed by atoms with E-state index in [9.17, 15) is 14.0 Å². The van der Waals surface area contributed by atoms with Crippen LogP contribution in [0.2, 0.25) is 0 Å². The molecule has 0 spiro atoms. The van der Waals surface area contributed by atoms with Crippen molar-refractivity contribution in [3.63, 3.8) is 0 Å². The minimum absolute atomic E-state index is 0.104. The molecule has 0 bridgehead atoms. The first kappa shape index (κ1) is 11.5. The van der Waals surface area contributed by atoms with Gasteiger partial charge in [0.15, 0.2) is 0 Å². The molecular formula is C9H7ClFNO3. The second kappa shape index (κ2) is 4.75. The second-order valence-corrected chi connectivity index (χ2v) is 2.92. The Bertz CT molecular complexity index is 408. The van der Waals surface area contributed by atoms with Gasteiger partial charge in [-0.15, -0.1) is 11.6 Å². The number of carboxylic acids is 1. The molecule has 0 aromatic heterocycles. The van der Waals surface area contributed by atoms with Crippen LogP contribution in [0.5, 0.6) is 0 Å². The highest BCUT2D eigenvalue weighted by Crippen LogP contribution is 2.18. The van der Waals surface area contributed by atoms with E-state index in [0.29, 0.717) is 0 Å². The third kappa shape index (κ3) is 2.66. The summed E-state index contributed by atoms with van der Waals surface area (Å²) in [7, 11) is 0. The third-order valence-electron chi connectivity index (χ3n) is 1.62. The Morgan fingerprint density at radius 1 is 1.47 bits per heavy atom. The van der Waals surface area contributed by atoms with Gasteiger partial charge >= 0.3 is 5.97 Å². The van der Waals surface area contributed by atoms with Crippen molar-refractivity contribution in [3.8, 4) is 0 Å². The number of anilines is 1. The van der Waals surface area contributed by atoms with E-state index in [2.05, 4.69) is 5.32 Å². The van der Waals surface area contributed by atoms with Gasteiger partial charge in [-0.1, -0.05) is 6.07 Å². The van der Waals surface area contributed by atoms with Crippen molar-refractivity contribution in [2.75, 3.05) is 11.2 Å². The van der Waals surface area contributed by atoms with Gasteiger partial charge in [0.2, 0.25) is 5.91 Å². The van der Waals surface area contributed by atoms with Gasteiger partial charge in [-0.3, -0.25) is 4.79 Å². The summed E-state index contributed by atoms with van der Waals surface area (Å²) in [6, 6.07) is 3.59. The first-order valence-electron chi connectivity index (χ1n) is 3.94. The van der Waals surface area contributed by atoms with Gasteiger partial charge in [-0.05, 0) is 12.1 Å². The average Bonchev–Trinajstić information content (AvgIpc) is 2.17. The van der Waals surface area contributed by atoms with E-state index in [0.717, 1.165) is 6.07 Å². The lowest BCUT2D eigenvalue weighted by atomic mass is 10.1. The molecule has 0 unspecified atom stereocenters. The third-order valence-corrected chi connectivity index (χ3v) is 1.87. The van der Waals surface area contributed by atoms with Gasteiger partial charge in [0.05, 0.1) is 5.69 Å². The summed E-state index contributed by atoms with van der Waals surface area (Å²) in [6.45, 7) is 0. The Morgan fingerprint density at radius 3 is 2.67 bits per heavy atom. The molecule has 80 valence electrons. The second-order valence-electron chi connectivity index (χ2n) is 2.65. The van der Waals surface area contributed by atoms with Gasteiger partial charge in [-0.25, -0.2) is 9.18 Å². The molecule has 4 nitrogen and oxygen atoms in total. The highest BCUT2D eigenvalue weighted by molar-refractivity contribution is 6.29. The number of hydrogen-bond acceptors (Lipinski definition) is 2. The van der Waals surface area contributed by atoms with E-state index in [4.69, 9.17) is 16.7 Å². The number of alkyl halides is 1. The minimum Gasteiger partial charge on any atom is -0.478 e. The van der Waals surface area contributed by atoms with Crippen LogP contribution in [0.1, 0.15) is 10.4 Å². The fourth-order valence-corrected chi connectivity index (χ4v) is 1.10. The monoisotopic (exact) mass is 231 g/mol. The Balaban J connectivity index is 3.11. The maximum atomic E-state index is 13.1. The van der Waals surface area contributed by atoms with Crippen molar-refractivity contribution in [2.24, 2.45) is 0 Å². The van der Waals surface area contributed by atoms with E-state index in [1.54, 1.807) is 0 Å². The van der Waals surface area contributed by atoms with Crippen LogP contribution < -0.4 is 5.32 Å². The molecular weight excluding hydrogens is 225 g/mol. The lowest BCUT2D eigenvalue weighted by molar-refractivity contribution is -0.113. The maximum Gasteiger partial charge on any atom is 0.340 e. The quantitative estimate of drug-likeness (QED) is 0.778. The normalized spacial score (nSPS) is 9.73. The number of benzene rings is 1. The number of rotatable bonds is 3. The molecule has 0 aliphatic rings. The zero-order valence-electron chi connectivity index (χ0n) is 7.46. The van der Waals surface area contributed by atoms with Crippen LogP contribution in [0.3, 0.4) is 0 Å². The number of hydrogen-bond donors (Lipinski definition) is 2. The molecule has 0 heterocycles. The number of amides is 1. The Hall–Kier alpha value is -1.62. The zero-order valence-corrected chi connectivity index (χ0v) is 8.21. The summed E-state index contributed by atoms with van der Waals surface area (Å²) in [5.74, 6) is -3.27. The number of carbonyl (C=O) groups excluding carboxylic acids is 1. The van der Waals surface area contributed by atoms with Crippen molar-refractivity contribution >= 4 is 29.2 Å². The summed E-state index contributed by atoms with van der Waals surface area (Å²) in [5, 5.41) is 10.9.